The molecule has 0 saturated carbocycles. The smallest absolute Gasteiger partial charge is 0.164 e. The summed E-state index contributed by atoms with van der Waals surface area (Å²) in [6.07, 6.45) is 0. The van der Waals surface area contributed by atoms with Crippen molar-refractivity contribution in [1.82, 2.24) is 15.0 Å². The molecule has 0 aliphatic rings. The van der Waals surface area contributed by atoms with E-state index in [2.05, 4.69) is 194 Å². The van der Waals surface area contributed by atoms with Crippen molar-refractivity contribution in [3.8, 4) is 78.7 Å². The van der Waals surface area contributed by atoms with E-state index >= 15 is 0 Å². The third-order valence-electron chi connectivity index (χ3n) is 11.2. The lowest BCUT2D eigenvalue weighted by Gasteiger charge is -2.12. The molecule has 0 aliphatic carbocycles. The quantitative estimate of drug-likeness (QED) is 0.163. The zero-order valence-electron chi connectivity index (χ0n) is 32.0. The Balaban J connectivity index is 1.07. The Morgan fingerprint density at radius 3 is 1.12 bits per heavy atom. The van der Waals surface area contributed by atoms with Gasteiger partial charge in [0.2, 0.25) is 0 Å². The molecule has 2 heterocycles. The van der Waals surface area contributed by atoms with Crippen molar-refractivity contribution in [1.29, 1.82) is 0 Å². The molecule has 0 aliphatic heterocycles. The molecule has 11 rings (SSSR count). The van der Waals surface area contributed by atoms with Crippen molar-refractivity contribution in [2.45, 2.75) is 0 Å². The van der Waals surface area contributed by atoms with Crippen LogP contribution in [0, 0.1) is 0 Å². The van der Waals surface area contributed by atoms with Crippen LogP contribution in [0.2, 0.25) is 0 Å². The molecule has 2 aromatic heterocycles. The second kappa shape index (κ2) is 14.5. The number of fused-ring (bicyclic) bond motifs is 5. The summed E-state index contributed by atoms with van der Waals surface area (Å²) in [6.45, 7) is 0. The highest BCUT2D eigenvalue weighted by atomic mass is 16.3. The van der Waals surface area contributed by atoms with Crippen LogP contribution in [0.4, 0.5) is 0 Å². The third kappa shape index (κ3) is 6.34. The fourth-order valence-electron chi connectivity index (χ4n) is 8.14. The van der Waals surface area contributed by atoms with Crippen molar-refractivity contribution in [3.63, 3.8) is 0 Å². The summed E-state index contributed by atoms with van der Waals surface area (Å²) in [4.78, 5) is 15.6. The van der Waals surface area contributed by atoms with Crippen molar-refractivity contribution in [2.24, 2.45) is 0 Å². The Kier molecular flexibility index (Phi) is 8.45. The van der Waals surface area contributed by atoms with E-state index in [4.69, 9.17) is 19.4 Å². The standard InChI is InChI=1S/C55H35N3O/c1-4-13-36(14-5-1)39-23-29-42(30-24-39)45-21-12-22-48-49-35-50(46-19-10-11-20-47(46)52(49)59-51(45)48)55-57-53(43-31-25-40(26-32-43)37-15-6-2-7-16-37)56-54(58-55)44-33-27-41(28-34-44)38-17-8-3-9-18-38/h1-35H. The lowest BCUT2D eigenvalue weighted by atomic mass is 9.97. The van der Waals surface area contributed by atoms with E-state index in [9.17, 15) is 0 Å². The molecule has 0 bridgehead atoms. The Morgan fingerprint density at radius 1 is 0.237 bits per heavy atom. The molecule has 11 aromatic rings. The monoisotopic (exact) mass is 753 g/mol. The van der Waals surface area contributed by atoms with Crippen LogP contribution in [0.1, 0.15) is 0 Å². The number of aromatic nitrogens is 3. The summed E-state index contributed by atoms with van der Waals surface area (Å²) < 4.78 is 6.89. The van der Waals surface area contributed by atoms with Crippen LogP contribution >= 0.6 is 0 Å². The number of nitrogens with zero attached hydrogens (tertiary/aromatic N) is 3. The van der Waals surface area contributed by atoms with Gasteiger partial charge in [-0.15, -0.1) is 0 Å². The van der Waals surface area contributed by atoms with Gasteiger partial charge in [-0.25, -0.2) is 15.0 Å². The highest BCUT2D eigenvalue weighted by molar-refractivity contribution is 6.20. The van der Waals surface area contributed by atoms with Crippen molar-refractivity contribution in [2.75, 3.05) is 0 Å². The van der Waals surface area contributed by atoms with Gasteiger partial charge < -0.3 is 4.42 Å². The van der Waals surface area contributed by atoms with Crippen molar-refractivity contribution in [3.05, 3.63) is 212 Å². The van der Waals surface area contributed by atoms with Crippen LogP contribution < -0.4 is 0 Å². The van der Waals surface area contributed by atoms with Crippen LogP contribution in [0.25, 0.3) is 111 Å². The topological polar surface area (TPSA) is 51.8 Å². The molecule has 59 heavy (non-hydrogen) atoms. The molecule has 0 saturated heterocycles. The van der Waals surface area contributed by atoms with E-state index in [0.717, 1.165) is 82.8 Å². The van der Waals surface area contributed by atoms with Gasteiger partial charge in [-0.1, -0.05) is 206 Å². The predicted octanol–water partition coefficient (Wildman–Crippen LogP) is 14.6. The van der Waals surface area contributed by atoms with E-state index < -0.39 is 0 Å². The Labute approximate surface area is 341 Å². The minimum absolute atomic E-state index is 0.601. The third-order valence-corrected chi connectivity index (χ3v) is 11.2. The Bertz CT molecular complexity index is 3170. The number of benzene rings is 9. The van der Waals surface area contributed by atoms with Gasteiger partial charge in [-0.3, -0.25) is 0 Å². The van der Waals surface area contributed by atoms with Gasteiger partial charge in [0, 0.05) is 38.4 Å². The molecule has 4 heteroatoms. The number of para-hydroxylation sites is 1. The summed E-state index contributed by atoms with van der Waals surface area (Å²) in [6, 6.07) is 73.9. The van der Waals surface area contributed by atoms with Crippen LogP contribution in [0.3, 0.4) is 0 Å². The lowest BCUT2D eigenvalue weighted by molar-refractivity contribution is 0.674. The minimum Gasteiger partial charge on any atom is -0.455 e. The molecule has 276 valence electrons. The number of rotatable bonds is 7. The molecular weight excluding hydrogens is 719 g/mol. The average molecular weight is 754 g/mol. The molecule has 0 amide bonds. The summed E-state index contributed by atoms with van der Waals surface area (Å²) in [7, 11) is 0. The molecule has 0 unspecified atom stereocenters. The molecule has 0 fully saturated rings. The maximum Gasteiger partial charge on any atom is 0.164 e. The molecule has 0 N–H and O–H groups in total. The lowest BCUT2D eigenvalue weighted by Crippen LogP contribution is -2.00. The van der Waals surface area contributed by atoms with Crippen LogP contribution in [-0.4, -0.2) is 15.0 Å². The van der Waals surface area contributed by atoms with Crippen LogP contribution in [-0.2, 0) is 0 Å². The van der Waals surface area contributed by atoms with Gasteiger partial charge in [0.15, 0.2) is 17.5 Å². The SMILES string of the molecule is c1ccc(-c2ccc(-c3nc(-c4ccc(-c5ccccc5)cc4)nc(-c4cc5c6cccc(-c7ccc(-c8ccccc8)cc7)c6oc5c5ccccc45)n3)cc2)cc1. The van der Waals surface area contributed by atoms with E-state index in [1.807, 2.05) is 18.2 Å². The highest BCUT2D eigenvalue weighted by Gasteiger charge is 2.20. The highest BCUT2D eigenvalue weighted by Crippen LogP contribution is 2.42. The largest absolute Gasteiger partial charge is 0.455 e. The van der Waals surface area contributed by atoms with Crippen LogP contribution in [0.5, 0.6) is 0 Å². The van der Waals surface area contributed by atoms with Gasteiger partial charge in [0.1, 0.15) is 11.2 Å². The molecule has 0 radical (unpaired) electrons. The fraction of sp³-hybridized carbons (Fsp3) is 0. The maximum atomic E-state index is 6.89. The molecule has 0 atom stereocenters. The molecule has 0 spiro atoms. The number of hydrogen-bond donors (Lipinski definition) is 0. The van der Waals surface area contributed by atoms with E-state index in [-0.39, 0.29) is 0 Å². The molecule has 4 nitrogen and oxygen atoms in total. The summed E-state index contributed by atoms with van der Waals surface area (Å²) in [5.41, 5.74) is 13.6. The first-order chi connectivity index (χ1) is 29.2. The average Bonchev–Trinajstić information content (AvgIpc) is 3.71. The van der Waals surface area contributed by atoms with Gasteiger partial charge in [-0.2, -0.15) is 0 Å². The van der Waals surface area contributed by atoms with Crippen molar-refractivity contribution < 1.29 is 4.42 Å². The fourth-order valence-corrected chi connectivity index (χ4v) is 8.14. The van der Waals surface area contributed by atoms with Crippen LogP contribution in [0.15, 0.2) is 217 Å². The van der Waals surface area contributed by atoms with Gasteiger partial charge >= 0.3 is 0 Å². The van der Waals surface area contributed by atoms with E-state index in [1.165, 1.54) is 11.1 Å². The minimum atomic E-state index is 0.601. The zero-order valence-corrected chi connectivity index (χ0v) is 32.0. The molecular formula is C55H35N3O. The molecule has 9 aromatic carbocycles. The number of hydrogen-bond acceptors (Lipinski definition) is 4. The number of furan rings is 1. The van der Waals surface area contributed by atoms with Crippen molar-refractivity contribution >= 4 is 32.7 Å². The van der Waals surface area contributed by atoms with Gasteiger partial charge in [0.25, 0.3) is 0 Å². The second-order valence-corrected chi connectivity index (χ2v) is 14.8. The normalized spacial score (nSPS) is 11.4. The first-order valence-corrected chi connectivity index (χ1v) is 19.8. The first kappa shape index (κ1) is 34.3. The summed E-state index contributed by atoms with van der Waals surface area (Å²) in [5, 5.41) is 4.07. The summed E-state index contributed by atoms with van der Waals surface area (Å²) >= 11 is 0. The summed E-state index contributed by atoms with van der Waals surface area (Å²) in [5.74, 6) is 1.82. The maximum absolute atomic E-state index is 6.89. The second-order valence-electron chi connectivity index (χ2n) is 14.8. The predicted molar refractivity (Wildman–Crippen MR) is 243 cm³/mol. The zero-order chi connectivity index (χ0) is 39.1. The van der Waals surface area contributed by atoms with E-state index in [0.29, 0.717) is 17.5 Å². The Hall–Kier alpha value is -7.95. The Morgan fingerprint density at radius 2 is 0.610 bits per heavy atom. The first-order valence-electron chi connectivity index (χ1n) is 19.8. The van der Waals surface area contributed by atoms with E-state index in [1.54, 1.807) is 0 Å². The van der Waals surface area contributed by atoms with Gasteiger partial charge in [-0.05, 0) is 50.4 Å². The van der Waals surface area contributed by atoms with Gasteiger partial charge in [0.05, 0.1) is 0 Å².